The van der Waals surface area contributed by atoms with Crippen LogP contribution < -0.4 is 31.8 Å². The first-order valence-electron chi connectivity index (χ1n) is 15.5. The van der Waals surface area contributed by atoms with Gasteiger partial charge in [-0.25, -0.2) is 0 Å². The molecule has 9 N–H and O–H groups in total. The number of methoxy groups -OCH3 is 2. The standard InChI is InChI=1S/C34H28N6O13S3/c1-52-26-11-16(3-7-24(26)37-39-31-28(55(46,47)48)13-18-9-20(35)5-6-22(18)33(31)41)17-4-8-25(27(12-17)53-2)38-40-32-29(56(49,50)51)14-19-10-21(54(43,44)45)15-23(36)30(19)34(32)42/h3-15,37-38H,35-36H2,1-2H3,(H,43,44,45)(H,46,47,48)(H,49,50,51). The van der Waals surface area contributed by atoms with E-state index in [1.807, 2.05) is 0 Å². The second kappa shape index (κ2) is 14.3. The summed E-state index contributed by atoms with van der Waals surface area (Å²) in [6, 6.07) is 15.2. The van der Waals surface area contributed by atoms with Crippen molar-refractivity contribution < 1.29 is 58.0 Å². The van der Waals surface area contributed by atoms with Crippen LogP contribution in [0.25, 0.3) is 23.3 Å². The van der Waals surface area contributed by atoms with Crippen LogP contribution >= 0.6 is 0 Å². The molecule has 0 radical (unpaired) electrons. The second-order valence-corrected chi connectivity index (χ2v) is 16.1. The van der Waals surface area contributed by atoms with Crippen LogP contribution in [0.4, 0.5) is 22.7 Å². The van der Waals surface area contributed by atoms with Crippen LogP contribution in [0.15, 0.2) is 91.6 Å². The van der Waals surface area contributed by atoms with Crippen molar-refractivity contribution in [1.82, 2.24) is 0 Å². The van der Waals surface area contributed by atoms with E-state index in [1.165, 1.54) is 44.6 Å². The molecule has 2 aliphatic carbocycles. The molecule has 0 saturated carbocycles. The molecule has 0 amide bonds. The lowest BCUT2D eigenvalue weighted by Crippen LogP contribution is -2.28. The number of nitrogens with two attached hydrogens (primary N) is 2. The quantitative estimate of drug-likeness (QED) is 0.0683. The molecule has 0 bridgehead atoms. The number of fused-ring (bicyclic) bond motifs is 2. The Morgan fingerprint density at radius 3 is 1.59 bits per heavy atom. The van der Waals surface area contributed by atoms with Crippen LogP contribution in [0.1, 0.15) is 31.8 Å². The minimum absolute atomic E-state index is 0.111. The Hall–Kier alpha value is -6.43. The van der Waals surface area contributed by atoms with Crippen molar-refractivity contribution in [3.05, 3.63) is 98.8 Å². The molecule has 4 aromatic rings. The number of hydrazone groups is 2. The van der Waals surface area contributed by atoms with Crippen LogP contribution in [0.5, 0.6) is 11.5 Å². The van der Waals surface area contributed by atoms with E-state index in [9.17, 15) is 48.5 Å². The number of carbonyl (C=O) groups is 2. The summed E-state index contributed by atoms with van der Waals surface area (Å²) < 4.78 is 113. The Kier molecular flexibility index (Phi) is 10.1. The van der Waals surface area contributed by atoms with Crippen molar-refractivity contribution >= 4 is 88.2 Å². The number of benzene rings is 4. The third-order valence-corrected chi connectivity index (χ3v) is 10.9. The summed E-state index contributed by atoms with van der Waals surface area (Å²) in [4.78, 5) is 24.2. The molecule has 0 spiro atoms. The van der Waals surface area contributed by atoms with Gasteiger partial charge in [0.15, 0.2) is 11.4 Å². The second-order valence-electron chi connectivity index (χ2n) is 11.9. The van der Waals surface area contributed by atoms with Gasteiger partial charge in [-0.05, 0) is 89.0 Å². The lowest BCUT2D eigenvalue weighted by atomic mass is 9.93. The maximum absolute atomic E-state index is 13.4. The highest BCUT2D eigenvalue weighted by Crippen LogP contribution is 2.37. The monoisotopic (exact) mass is 824 g/mol. The Morgan fingerprint density at radius 2 is 1.11 bits per heavy atom. The number of ether oxygens (including phenoxy) is 2. The molecule has 6 rings (SSSR count). The molecular weight excluding hydrogens is 797 g/mol. The Morgan fingerprint density at radius 1 is 0.607 bits per heavy atom. The summed E-state index contributed by atoms with van der Waals surface area (Å²) in [6.45, 7) is 0. The van der Waals surface area contributed by atoms with Gasteiger partial charge in [0, 0.05) is 16.9 Å². The zero-order valence-electron chi connectivity index (χ0n) is 28.7. The van der Waals surface area contributed by atoms with E-state index in [2.05, 4.69) is 21.1 Å². The lowest BCUT2D eigenvalue weighted by Gasteiger charge is -2.19. The number of ketones is 2. The van der Waals surface area contributed by atoms with E-state index in [0.29, 0.717) is 11.1 Å². The van der Waals surface area contributed by atoms with Crippen LogP contribution in [-0.2, 0) is 30.4 Å². The highest BCUT2D eigenvalue weighted by molar-refractivity contribution is 7.91. The molecule has 0 unspecified atom stereocenters. The fourth-order valence-corrected chi connectivity index (χ4v) is 7.61. The summed E-state index contributed by atoms with van der Waals surface area (Å²) in [5, 5.41) is 7.93. The van der Waals surface area contributed by atoms with Gasteiger partial charge in [0.25, 0.3) is 30.4 Å². The Balaban J connectivity index is 1.30. The van der Waals surface area contributed by atoms with Crippen molar-refractivity contribution in [2.24, 2.45) is 10.2 Å². The molecule has 56 heavy (non-hydrogen) atoms. The largest absolute Gasteiger partial charge is 0.494 e. The van der Waals surface area contributed by atoms with Crippen molar-refractivity contribution in [2.75, 3.05) is 36.5 Å². The first-order valence-corrected chi connectivity index (χ1v) is 19.9. The number of anilines is 4. The lowest BCUT2D eigenvalue weighted by molar-refractivity contribution is 0.105. The maximum atomic E-state index is 13.4. The normalized spacial score (nSPS) is 15.8. The highest BCUT2D eigenvalue weighted by atomic mass is 32.2. The van der Waals surface area contributed by atoms with Gasteiger partial charge in [-0.15, -0.1) is 0 Å². The zero-order valence-corrected chi connectivity index (χ0v) is 31.2. The third-order valence-electron chi connectivity index (χ3n) is 8.36. The van der Waals surface area contributed by atoms with Crippen LogP contribution in [0.2, 0.25) is 0 Å². The third kappa shape index (κ3) is 7.59. The Bertz CT molecular complexity index is 2870. The molecule has 2 aliphatic rings. The fraction of sp³-hybridized carbons (Fsp3) is 0.0588. The van der Waals surface area contributed by atoms with Crippen molar-refractivity contribution in [3.8, 4) is 22.6 Å². The van der Waals surface area contributed by atoms with Gasteiger partial charge in [0.2, 0.25) is 11.6 Å². The van der Waals surface area contributed by atoms with Gasteiger partial charge in [0.05, 0.1) is 36.1 Å². The van der Waals surface area contributed by atoms with E-state index >= 15 is 0 Å². The SMILES string of the molecule is COc1cc(-c2ccc(NN=C3C(=O)c4c(N)cc(S(=O)(=O)O)cc4C=C3S(=O)(=O)O)c(OC)c2)ccc1NN=C1C(=O)c2ccc(N)cc2C=C1S(=O)(=O)O. The maximum Gasteiger partial charge on any atom is 0.296 e. The van der Waals surface area contributed by atoms with Gasteiger partial charge in [-0.2, -0.15) is 35.5 Å². The van der Waals surface area contributed by atoms with Gasteiger partial charge >= 0.3 is 0 Å². The van der Waals surface area contributed by atoms with E-state index in [-0.39, 0.29) is 50.8 Å². The minimum Gasteiger partial charge on any atom is -0.494 e. The van der Waals surface area contributed by atoms with Crippen molar-refractivity contribution in [1.29, 1.82) is 0 Å². The zero-order chi connectivity index (χ0) is 40.9. The summed E-state index contributed by atoms with van der Waals surface area (Å²) in [6.07, 6.45) is 1.86. The summed E-state index contributed by atoms with van der Waals surface area (Å²) in [5.41, 5.74) is 16.4. The number of Topliss-reactive ketones (excluding diaryl/α,β-unsaturated/α-hetero) is 2. The minimum atomic E-state index is -5.12. The predicted molar refractivity (Wildman–Crippen MR) is 206 cm³/mol. The number of nitrogen functional groups attached to an aromatic ring is 2. The van der Waals surface area contributed by atoms with E-state index in [0.717, 1.165) is 24.3 Å². The van der Waals surface area contributed by atoms with Crippen LogP contribution in [0.3, 0.4) is 0 Å². The van der Waals surface area contributed by atoms with Crippen molar-refractivity contribution in [2.45, 2.75) is 4.90 Å². The molecule has 19 nitrogen and oxygen atoms in total. The summed E-state index contributed by atoms with van der Waals surface area (Å²) in [5.74, 6) is -1.54. The van der Waals surface area contributed by atoms with Crippen LogP contribution in [0, 0.1) is 0 Å². The number of nitrogens with zero attached hydrogens (tertiary/aromatic N) is 2. The summed E-state index contributed by atoms with van der Waals surface area (Å²) in [7, 11) is -12.1. The van der Waals surface area contributed by atoms with Gasteiger partial charge in [-0.3, -0.25) is 34.1 Å². The number of hydrogen-bond donors (Lipinski definition) is 7. The molecule has 4 aromatic carbocycles. The smallest absolute Gasteiger partial charge is 0.296 e. The Labute approximate surface area is 318 Å². The van der Waals surface area contributed by atoms with Gasteiger partial charge in [0.1, 0.15) is 21.3 Å². The van der Waals surface area contributed by atoms with Crippen LogP contribution in [-0.4, -0.2) is 76.1 Å². The first kappa shape index (κ1) is 39.3. The molecular formula is C34H28N6O13S3. The number of carbonyl (C=O) groups excluding carboxylic acids is 2. The molecule has 0 aromatic heterocycles. The van der Waals surface area contributed by atoms with Crippen molar-refractivity contribution in [3.63, 3.8) is 0 Å². The van der Waals surface area contributed by atoms with E-state index in [1.54, 1.807) is 24.3 Å². The molecule has 0 fully saturated rings. The molecule has 22 heteroatoms. The average molecular weight is 825 g/mol. The molecule has 0 aliphatic heterocycles. The molecule has 290 valence electrons. The van der Waals surface area contributed by atoms with E-state index in [4.69, 9.17) is 20.9 Å². The van der Waals surface area contributed by atoms with Gasteiger partial charge < -0.3 is 20.9 Å². The topological polar surface area (TPSA) is 317 Å². The number of hydrogen-bond acceptors (Lipinski definition) is 16. The average Bonchev–Trinajstić information content (AvgIpc) is 3.12. The van der Waals surface area contributed by atoms with E-state index < -0.39 is 73.7 Å². The number of rotatable bonds is 10. The molecule has 0 atom stereocenters. The predicted octanol–water partition coefficient (Wildman–Crippen LogP) is 3.57. The highest BCUT2D eigenvalue weighted by Gasteiger charge is 2.36. The molecule has 0 heterocycles. The summed E-state index contributed by atoms with van der Waals surface area (Å²) >= 11 is 0. The number of allylic oxidation sites excluding steroid dienone is 2. The first-order chi connectivity index (χ1) is 26.2. The van der Waals surface area contributed by atoms with Gasteiger partial charge in [-0.1, -0.05) is 12.1 Å². The molecule has 0 saturated heterocycles. The number of nitrogens with one attached hydrogen (secondary N) is 2. The fourth-order valence-electron chi connectivity index (χ4n) is 5.74.